The Morgan fingerprint density at radius 1 is 1.11 bits per heavy atom. The Kier molecular flexibility index (Phi) is 4.89. The predicted octanol–water partition coefficient (Wildman–Crippen LogP) is 2.79. The highest BCUT2D eigenvalue weighted by Crippen LogP contribution is 2.39. The summed E-state index contributed by atoms with van der Waals surface area (Å²) in [4.78, 5) is 12.9. The third kappa shape index (κ3) is 3.56. The molecule has 1 aromatic rings. The minimum absolute atomic E-state index is 0.0701. The maximum Gasteiger partial charge on any atom is 0.494 e. The summed E-state index contributed by atoms with van der Waals surface area (Å²) < 4.78 is 24.5. The van der Waals surface area contributed by atoms with Crippen molar-refractivity contribution >= 4 is 29.2 Å². The summed E-state index contributed by atoms with van der Waals surface area (Å²) in [7, 11) is -1.11. The predicted molar refractivity (Wildman–Crippen MR) is 109 cm³/mol. The highest BCUT2D eigenvalue weighted by molar-refractivity contribution is 7.86. The molecule has 6 heteroatoms. The van der Waals surface area contributed by atoms with E-state index in [0.717, 1.165) is 36.7 Å². The highest BCUT2D eigenvalue weighted by Gasteiger charge is 2.51. The van der Waals surface area contributed by atoms with Gasteiger partial charge < -0.3 is 9.31 Å². The van der Waals surface area contributed by atoms with Crippen molar-refractivity contribution in [1.29, 1.82) is 0 Å². The zero-order chi connectivity index (χ0) is 19.4. The molecule has 146 valence electrons. The highest BCUT2D eigenvalue weighted by atomic mass is 32.2. The van der Waals surface area contributed by atoms with Crippen molar-refractivity contribution in [3.8, 4) is 0 Å². The summed E-state index contributed by atoms with van der Waals surface area (Å²) >= 11 is 0. The van der Waals surface area contributed by atoms with Crippen LogP contribution in [0.15, 0.2) is 24.3 Å². The Morgan fingerprint density at radius 3 is 2.30 bits per heavy atom. The zero-order valence-corrected chi connectivity index (χ0v) is 17.5. The Bertz CT molecular complexity index is 743. The molecular weight excluding hydrogens is 359 g/mol. The molecule has 3 aliphatic heterocycles. The van der Waals surface area contributed by atoms with Crippen LogP contribution in [0.5, 0.6) is 0 Å². The van der Waals surface area contributed by atoms with Gasteiger partial charge in [-0.25, -0.2) is 0 Å². The fourth-order valence-corrected chi connectivity index (χ4v) is 6.59. The van der Waals surface area contributed by atoms with Crippen LogP contribution in [0.1, 0.15) is 58.9 Å². The molecule has 4 nitrogen and oxygen atoms in total. The average molecular weight is 388 g/mol. The fourth-order valence-electron chi connectivity index (χ4n) is 4.47. The van der Waals surface area contributed by atoms with Gasteiger partial charge in [0.25, 0.3) is 0 Å². The van der Waals surface area contributed by atoms with Crippen molar-refractivity contribution in [3.05, 3.63) is 29.8 Å². The summed E-state index contributed by atoms with van der Waals surface area (Å²) in [6, 6.07) is 8.01. The van der Waals surface area contributed by atoms with Gasteiger partial charge in [0.1, 0.15) is 5.78 Å². The average Bonchev–Trinajstić information content (AvgIpc) is 2.93. The summed E-state index contributed by atoms with van der Waals surface area (Å²) in [6.45, 7) is 8.17. The van der Waals surface area contributed by atoms with E-state index in [1.54, 1.807) is 0 Å². The molecule has 2 unspecified atom stereocenters. The largest absolute Gasteiger partial charge is 0.494 e. The molecule has 0 N–H and O–H groups in total. The number of carbonyl (C=O) groups excluding carboxylic acids is 1. The quantitative estimate of drug-likeness (QED) is 0.745. The van der Waals surface area contributed by atoms with Crippen LogP contribution in [0.4, 0.5) is 0 Å². The minimum Gasteiger partial charge on any atom is -0.399 e. The van der Waals surface area contributed by atoms with Crippen LogP contribution < -0.4 is 5.46 Å². The summed E-state index contributed by atoms with van der Waals surface area (Å²) in [5, 5.41) is 0.488. The van der Waals surface area contributed by atoms with Crippen molar-refractivity contribution in [1.82, 2.24) is 0 Å². The molecule has 1 aromatic carbocycles. The first kappa shape index (κ1) is 19.3. The molecule has 27 heavy (non-hydrogen) atoms. The number of ketones is 1. The lowest BCUT2D eigenvalue weighted by molar-refractivity contribution is -0.122. The van der Waals surface area contributed by atoms with E-state index in [1.165, 1.54) is 0 Å². The van der Waals surface area contributed by atoms with Gasteiger partial charge in [0.05, 0.1) is 11.2 Å². The van der Waals surface area contributed by atoms with Crippen molar-refractivity contribution < 1.29 is 18.3 Å². The Hall–Kier alpha value is -0.975. The van der Waals surface area contributed by atoms with Crippen molar-refractivity contribution in [2.45, 2.75) is 81.5 Å². The molecule has 0 aromatic heterocycles. The van der Waals surface area contributed by atoms with Gasteiger partial charge in [-0.05, 0) is 64.4 Å². The third-order valence-electron chi connectivity index (χ3n) is 6.87. The van der Waals surface area contributed by atoms with Crippen LogP contribution in [-0.4, -0.2) is 38.8 Å². The van der Waals surface area contributed by atoms with Gasteiger partial charge in [0, 0.05) is 33.6 Å². The number of hydrogen-bond acceptors (Lipinski definition) is 4. The molecular formula is C21H29BO4S. The van der Waals surface area contributed by atoms with E-state index in [0.29, 0.717) is 6.42 Å². The smallest absolute Gasteiger partial charge is 0.399 e. The fraction of sp³-hybridized carbons (Fsp3) is 0.667. The number of Topliss-reactive ketones (excluding diaryl/α,β-unsaturated/α-hetero) is 1. The Labute approximate surface area is 165 Å². The van der Waals surface area contributed by atoms with E-state index in [4.69, 9.17) is 9.31 Å². The molecule has 2 atom stereocenters. The van der Waals surface area contributed by atoms with E-state index in [-0.39, 0.29) is 33.4 Å². The molecule has 4 rings (SSSR count). The van der Waals surface area contributed by atoms with Gasteiger partial charge in [-0.3, -0.25) is 9.00 Å². The lowest BCUT2D eigenvalue weighted by Gasteiger charge is -2.32. The monoisotopic (exact) mass is 388 g/mol. The van der Waals surface area contributed by atoms with Crippen LogP contribution in [0.25, 0.3) is 0 Å². The number of fused-ring (bicyclic) bond motifs is 2. The van der Waals surface area contributed by atoms with Gasteiger partial charge in [0.15, 0.2) is 0 Å². The van der Waals surface area contributed by atoms with Crippen LogP contribution in [0, 0.1) is 5.92 Å². The maximum atomic E-state index is 12.9. The van der Waals surface area contributed by atoms with Gasteiger partial charge in [-0.2, -0.15) is 0 Å². The molecule has 0 aliphatic carbocycles. The molecule has 3 fully saturated rings. The summed E-state index contributed by atoms with van der Waals surface area (Å²) in [6.07, 6.45) is 4.10. The topological polar surface area (TPSA) is 52.6 Å². The van der Waals surface area contributed by atoms with Crippen molar-refractivity contribution in [3.63, 3.8) is 0 Å². The molecule has 0 spiro atoms. The van der Waals surface area contributed by atoms with E-state index in [1.807, 2.05) is 52.0 Å². The van der Waals surface area contributed by atoms with Crippen LogP contribution >= 0.6 is 0 Å². The SMILES string of the molecule is CC1(C)OB(c2cccc(CC(=O)C3CC4CCC(C3)S4=O)c2)OC1(C)C. The number of rotatable bonds is 4. The Morgan fingerprint density at radius 2 is 1.70 bits per heavy atom. The second-order valence-electron chi connectivity index (χ2n) is 9.29. The molecule has 0 radical (unpaired) electrons. The van der Waals surface area contributed by atoms with Crippen LogP contribution in [0.2, 0.25) is 0 Å². The first-order valence-corrected chi connectivity index (χ1v) is 11.3. The number of carbonyl (C=O) groups is 1. The summed E-state index contributed by atoms with van der Waals surface area (Å²) in [5.74, 6) is 0.357. The normalized spacial score (nSPS) is 34.0. The van der Waals surface area contributed by atoms with Crippen molar-refractivity contribution in [2.24, 2.45) is 5.92 Å². The zero-order valence-electron chi connectivity index (χ0n) is 16.7. The molecule has 3 heterocycles. The standard InChI is InChI=1S/C21H29BO4S/c1-20(2)21(3,4)26-22(25-20)16-7-5-6-14(10-16)11-19(23)15-12-17-8-9-18(13-15)27(17)24/h5-7,10,15,17-18H,8-9,11-13H2,1-4H3. The molecule has 2 bridgehead atoms. The molecule has 3 saturated heterocycles. The first-order chi connectivity index (χ1) is 12.7. The molecule has 0 saturated carbocycles. The van der Waals surface area contributed by atoms with E-state index >= 15 is 0 Å². The maximum absolute atomic E-state index is 12.9. The molecule has 0 amide bonds. The lowest BCUT2D eigenvalue weighted by atomic mass is 9.78. The van der Waals surface area contributed by atoms with Crippen LogP contribution in [0.3, 0.4) is 0 Å². The minimum atomic E-state index is -0.708. The molecule has 3 aliphatic rings. The van der Waals surface area contributed by atoms with Gasteiger partial charge in [-0.15, -0.1) is 0 Å². The van der Waals surface area contributed by atoms with Gasteiger partial charge >= 0.3 is 7.12 Å². The lowest BCUT2D eigenvalue weighted by Crippen LogP contribution is -2.41. The first-order valence-electron chi connectivity index (χ1n) is 10.0. The van der Waals surface area contributed by atoms with Crippen LogP contribution in [-0.2, 0) is 31.3 Å². The van der Waals surface area contributed by atoms with Gasteiger partial charge in [0.2, 0.25) is 0 Å². The third-order valence-corrected chi connectivity index (χ3v) is 9.04. The second kappa shape index (κ2) is 6.82. The Balaban J connectivity index is 1.44. The number of hydrogen-bond donors (Lipinski definition) is 0. The van der Waals surface area contributed by atoms with E-state index in [9.17, 15) is 9.00 Å². The van der Waals surface area contributed by atoms with Gasteiger partial charge in [-0.1, -0.05) is 24.3 Å². The van der Waals surface area contributed by atoms with E-state index in [2.05, 4.69) is 0 Å². The van der Waals surface area contributed by atoms with Crippen molar-refractivity contribution in [2.75, 3.05) is 0 Å². The number of benzene rings is 1. The summed E-state index contributed by atoms with van der Waals surface area (Å²) in [5.41, 5.74) is 1.22. The van der Waals surface area contributed by atoms with E-state index < -0.39 is 17.9 Å². The second-order valence-corrected chi connectivity index (χ2v) is 11.3.